The largest absolute Gasteiger partial charge is 0.368 e. The molecular formula is C25H31BrN6O3S. The maximum absolute atomic E-state index is 13.1. The van der Waals surface area contributed by atoms with Gasteiger partial charge in [0.05, 0.1) is 17.0 Å². The van der Waals surface area contributed by atoms with Crippen LogP contribution < -0.4 is 11.1 Å². The first kappa shape index (κ1) is 26.5. The van der Waals surface area contributed by atoms with Crippen molar-refractivity contribution < 1.29 is 13.2 Å². The quantitative estimate of drug-likeness (QED) is 0.423. The Kier molecular flexibility index (Phi) is 7.93. The van der Waals surface area contributed by atoms with Crippen molar-refractivity contribution in [3.63, 3.8) is 0 Å². The zero-order valence-electron chi connectivity index (χ0n) is 20.6. The van der Waals surface area contributed by atoms with Gasteiger partial charge in [0, 0.05) is 35.5 Å². The van der Waals surface area contributed by atoms with Gasteiger partial charge >= 0.3 is 0 Å². The van der Waals surface area contributed by atoms with Crippen molar-refractivity contribution in [2.45, 2.75) is 44.3 Å². The van der Waals surface area contributed by atoms with Gasteiger partial charge in [-0.25, -0.2) is 18.4 Å². The molecule has 4 rings (SSSR count). The van der Waals surface area contributed by atoms with Crippen LogP contribution in [0.4, 0.5) is 5.82 Å². The van der Waals surface area contributed by atoms with Crippen LogP contribution in [-0.2, 0) is 21.4 Å². The topological polar surface area (TPSA) is 122 Å². The Balaban J connectivity index is 1.54. The van der Waals surface area contributed by atoms with E-state index in [0.29, 0.717) is 37.8 Å². The van der Waals surface area contributed by atoms with Gasteiger partial charge in [0.1, 0.15) is 17.7 Å². The fourth-order valence-electron chi connectivity index (χ4n) is 4.37. The van der Waals surface area contributed by atoms with Gasteiger partial charge in [-0.2, -0.15) is 4.31 Å². The van der Waals surface area contributed by atoms with E-state index in [4.69, 9.17) is 15.7 Å². The van der Waals surface area contributed by atoms with E-state index >= 15 is 0 Å². The fraction of sp³-hybridized carbons (Fsp3) is 0.400. The number of carbonyl (C=O) groups is 1. The van der Waals surface area contributed by atoms with Gasteiger partial charge in [-0.3, -0.25) is 9.69 Å². The van der Waals surface area contributed by atoms with E-state index in [9.17, 15) is 13.2 Å². The lowest BCUT2D eigenvalue weighted by atomic mass is 10.0. The number of amides is 1. The number of nitrogens with one attached hydrogen (secondary N) is 1. The highest BCUT2D eigenvalue weighted by Gasteiger charge is 2.32. The Morgan fingerprint density at radius 2 is 1.83 bits per heavy atom. The molecule has 0 unspecified atom stereocenters. The van der Waals surface area contributed by atoms with Crippen molar-refractivity contribution in [1.82, 2.24) is 19.2 Å². The van der Waals surface area contributed by atoms with Crippen molar-refractivity contribution in [3.05, 3.63) is 58.8 Å². The molecule has 1 amide bonds. The number of rotatable bonds is 8. The molecule has 2 aromatic carbocycles. The van der Waals surface area contributed by atoms with Gasteiger partial charge in [-0.15, -0.1) is 0 Å². The second-order valence-corrected chi connectivity index (χ2v) is 12.3. The van der Waals surface area contributed by atoms with Gasteiger partial charge in [0.2, 0.25) is 15.9 Å². The Labute approximate surface area is 220 Å². The lowest BCUT2D eigenvalue weighted by Crippen LogP contribution is -2.53. The zero-order valence-corrected chi connectivity index (χ0v) is 23.0. The maximum atomic E-state index is 13.1. The highest BCUT2D eigenvalue weighted by Crippen LogP contribution is 2.25. The predicted octanol–water partition coefficient (Wildman–Crippen LogP) is 3.21. The summed E-state index contributed by atoms with van der Waals surface area (Å²) in [6.45, 7) is 7.60. The van der Waals surface area contributed by atoms with E-state index in [-0.39, 0.29) is 16.9 Å². The molecule has 3 N–H and O–H groups in total. The summed E-state index contributed by atoms with van der Waals surface area (Å²) < 4.78 is 28.6. The molecule has 1 aromatic heterocycles. The molecule has 1 saturated heterocycles. The maximum Gasteiger partial charge on any atom is 0.243 e. The van der Waals surface area contributed by atoms with Gasteiger partial charge in [0.25, 0.3) is 0 Å². The Bertz CT molecular complexity index is 1350. The van der Waals surface area contributed by atoms with Crippen LogP contribution >= 0.6 is 15.9 Å². The van der Waals surface area contributed by atoms with E-state index in [1.807, 2.05) is 45.0 Å². The van der Waals surface area contributed by atoms with Crippen LogP contribution in [-0.4, -0.2) is 65.2 Å². The molecule has 36 heavy (non-hydrogen) atoms. The normalized spacial score (nSPS) is 18.4. The number of aromatic nitrogens is 2. The summed E-state index contributed by atoms with van der Waals surface area (Å²) in [5.74, 6) is 0.711. The number of sulfonamides is 1. The van der Waals surface area contributed by atoms with Crippen molar-refractivity contribution in [2.24, 2.45) is 11.7 Å². The van der Waals surface area contributed by atoms with Crippen LogP contribution in [0.1, 0.15) is 26.6 Å². The minimum Gasteiger partial charge on any atom is -0.368 e. The minimum absolute atomic E-state index is 0.0135. The van der Waals surface area contributed by atoms with E-state index < -0.39 is 22.0 Å². The second-order valence-electron chi connectivity index (χ2n) is 9.41. The number of benzene rings is 2. The molecule has 1 aliphatic heterocycles. The third-order valence-electron chi connectivity index (χ3n) is 6.44. The van der Waals surface area contributed by atoms with Crippen LogP contribution in [0.25, 0.3) is 10.9 Å². The van der Waals surface area contributed by atoms with Crippen LogP contribution in [0.3, 0.4) is 0 Å². The van der Waals surface area contributed by atoms with E-state index in [1.54, 1.807) is 24.3 Å². The Morgan fingerprint density at radius 3 is 2.47 bits per heavy atom. The van der Waals surface area contributed by atoms with E-state index in [1.165, 1.54) is 4.31 Å². The average Bonchev–Trinajstić information content (AvgIpc) is 2.83. The molecule has 0 radical (unpaired) electrons. The van der Waals surface area contributed by atoms with Crippen molar-refractivity contribution in [1.29, 1.82) is 0 Å². The number of halogens is 1. The van der Waals surface area contributed by atoms with Crippen LogP contribution in [0.15, 0.2) is 57.9 Å². The lowest BCUT2D eigenvalue weighted by molar-refractivity contribution is -0.119. The summed E-state index contributed by atoms with van der Waals surface area (Å²) in [5, 5.41) is 4.04. The predicted molar refractivity (Wildman–Crippen MR) is 144 cm³/mol. The standard InChI is InChI=1S/C25H31BrN6O3S/c1-16(2)23(24(27)33)30-25-20-6-4-5-7-21(20)28-22(29-25)15-31-12-13-32(14-17(31)3)36(34,35)19-10-8-18(26)9-11-19/h4-11,16-17,23H,12-15H2,1-3H3,(H2,27,33)(H,28,29,30)/t17-,23-/m0/s1. The number of primary amides is 1. The molecule has 9 nitrogen and oxygen atoms in total. The summed E-state index contributed by atoms with van der Waals surface area (Å²) in [5.41, 5.74) is 6.39. The molecule has 2 heterocycles. The summed E-state index contributed by atoms with van der Waals surface area (Å²) in [4.78, 5) is 24.0. The fourth-order valence-corrected chi connectivity index (χ4v) is 6.15. The molecule has 0 bridgehead atoms. The smallest absolute Gasteiger partial charge is 0.243 e. The molecule has 11 heteroatoms. The van der Waals surface area contributed by atoms with Gasteiger partial charge < -0.3 is 11.1 Å². The highest BCUT2D eigenvalue weighted by molar-refractivity contribution is 9.10. The number of fused-ring (bicyclic) bond motifs is 1. The van der Waals surface area contributed by atoms with Crippen LogP contribution in [0.5, 0.6) is 0 Å². The first-order valence-electron chi connectivity index (χ1n) is 11.9. The molecule has 1 fully saturated rings. The monoisotopic (exact) mass is 574 g/mol. The van der Waals surface area contributed by atoms with Crippen molar-refractivity contribution >= 4 is 48.6 Å². The molecule has 0 spiro atoms. The number of hydrogen-bond acceptors (Lipinski definition) is 7. The molecule has 192 valence electrons. The second kappa shape index (κ2) is 10.8. The van der Waals surface area contributed by atoms with Crippen LogP contribution in [0.2, 0.25) is 0 Å². The SMILES string of the molecule is CC(C)[C@H](Nc1nc(CN2CCN(S(=O)(=O)c3ccc(Br)cc3)C[C@@H]2C)nc2ccccc12)C(N)=O. The number of hydrogen-bond donors (Lipinski definition) is 2. The number of nitrogens with zero attached hydrogens (tertiary/aromatic N) is 4. The van der Waals surface area contributed by atoms with Gasteiger partial charge in [0.15, 0.2) is 0 Å². The van der Waals surface area contributed by atoms with Gasteiger partial charge in [-0.05, 0) is 49.2 Å². The molecule has 1 aliphatic rings. The molecule has 0 aliphatic carbocycles. The summed E-state index contributed by atoms with van der Waals surface area (Å²) in [7, 11) is -3.57. The average molecular weight is 576 g/mol. The third kappa shape index (κ3) is 5.69. The number of carbonyl (C=O) groups excluding carboxylic acids is 1. The highest BCUT2D eigenvalue weighted by atomic mass is 79.9. The molecular weight excluding hydrogens is 544 g/mol. The molecule has 0 saturated carbocycles. The first-order valence-corrected chi connectivity index (χ1v) is 14.1. The summed E-state index contributed by atoms with van der Waals surface area (Å²) in [6.07, 6.45) is 0. The third-order valence-corrected chi connectivity index (χ3v) is 8.85. The van der Waals surface area contributed by atoms with E-state index in [2.05, 4.69) is 26.1 Å². The molecule has 3 aromatic rings. The number of anilines is 1. The van der Waals surface area contributed by atoms with Crippen molar-refractivity contribution in [3.8, 4) is 0 Å². The molecule has 2 atom stereocenters. The minimum atomic E-state index is -3.57. The first-order chi connectivity index (χ1) is 17.1. The zero-order chi connectivity index (χ0) is 26.0. The Morgan fingerprint density at radius 1 is 1.14 bits per heavy atom. The number of para-hydroxylation sites is 1. The number of piperazine rings is 1. The lowest BCUT2D eigenvalue weighted by Gasteiger charge is -2.38. The van der Waals surface area contributed by atoms with Gasteiger partial charge in [-0.1, -0.05) is 41.9 Å². The van der Waals surface area contributed by atoms with Crippen LogP contribution in [0, 0.1) is 5.92 Å². The van der Waals surface area contributed by atoms with Crippen molar-refractivity contribution in [2.75, 3.05) is 25.0 Å². The summed E-state index contributed by atoms with van der Waals surface area (Å²) in [6, 6.07) is 13.7. The Hall–Kier alpha value is -2.60. The number of nitrogens with two attached hydrogens (primary N) is 1. The summed E-state index contributed by atoms with van der Waals surface area (Å²) >= 11 is 3.35. The van der Waals surface area contributed by atoms with E-state index in [0.717, 1.165) is 15.4 Å².